The molecule has 0 unspecified atom stereocenters. The molecule has 0 amide bonds. The first-order valence-corrected chi connectivity index (χ1v) is 10.1. The highest BCUT2D eigenvalue weighted by Crippen LogP contribution is 2.22. The third-order valence-electron chi connectivity index (χ3n) is 3.59. The van der Waals surface area contributed by atoms with Crippen LogP contribution in [0, 0.1) is 23.3 Å². The monoisotopic (exact) mass is 436 g/mol. The van der Waals surface area contributed by atoms with Crippen LogP contribution >= 0.6 is 0 Å². The highest BCUT2D eigenvalue weighted by molar-refractivity contribution is 7.90. The zero-order valence-corrected chi connectivity index (χ0v) is 15.0. The minimum Gasteiger partial charge on any atom is -0.245 e. The standard InChI is InChI=1S/C15H8F4N2O5S2/c16-9-3-1-4-10(17)13(9)27(23,24)20-7-8-21(15(20)22)28(25,26)14-11(18)5-2-6-12(14)19/h1-8H. The van der Waals surface area contributed by atoms with E-state index in [0.29, 0.717) is 36.7 Å². The number of hydrogen-bond acceptors (Lipinski definition) is 5. The number of halogens is 4. The van der Waals surface area contributed by atoms with Crippen LogP contribution in [-0.4, -0.2) is 24.8 Å². The lowest BCUT2D eigenvalue weighted by molar-refractivity contribution is 0.515. The maximum Gasteiger partial charge on any atom is 0.356 e. The highest BCUT2D eigenvalue weighted by atomic mass is 32.2. The number of benzene rings is 2. The molecule has 7 nitrogen and oxygen atoms in total. The van der Waals surface area contributed by atoms with E-state index < -0.39 is 58.8 Å². The van der Waals surface area contributed by atoms with Crippen molar-refractivity contribution >= 4 is 20.0 Å². The number of aromatic nitrogens is 2. The summed E-state index contributed by atoms with van der Waals surface area (Å²) >= 11 is 0. The largest absolute Gasteiger partial charge is 0.356 e. The predicted octanol–water partition coefficient (Wildman–Crippen LogP) is 1.68. The van der Waals surface area contributed by atoms with E-state index in [2.05, 4.69) is 0 Å². The Kier molecular flexibility index (Phi) is 4.67. The Balaban J connectivity index is 2.25. The molecule has 3 rings (SSSR count). The average Bonchev–Trinajstić information content (AvgIpc) is 2.97. The van der Waals surface area contributed by atoms with Gasteiger partial charge in [0.15, 0.2) is 9.79 Å². The minimum atomic E-state index is -5.19. The lowest BCUT2D eigenvalue weighted by atomic mass is 10.3. The Labute approximate surface area is 155 Å². The van der Waals surface area contributed by atoms with Crippen LogP contribution in [0.1, 0.15) is 0 Å². The van der Waals surface area contributed by atoms with E-state index in [-0.39, 0.29) is 7.94 Å². The van der Waals surface area contributed by atoms with Crippen molar-refractivity contribution < 1.29 is 34.4 Å². The highest BCUT2D eigenvalue weighted by Gasteiger charge is 2.32. The molecule has 0 aliphatic carbocycles. The number of imidazole rings is 1. The fourth-order valence-electron chi connectivity index (χ4n) is 2.37. The summed E-state index contributed by atoms with van der Waals surface area (Å²) in [4.78, 5) is 9.34. The topological polar surface area (TPSA) is 95.2 Å². The van der Waals surface area contributed by atoms with Gasteiger partial charge in [-0.2, -0.15) is 7.94 Å². The van der Waals surface area contributed by atoms with Crippen molar-refractivity contribution in [2.45, 2.75) is 9.79 Å². The molecule has 0 atom stereocenters. The zero-order chi connectivity index (χ0) is 20.9. The van der Waals surface area contributed by atoms with Gasteiger partial charge in [0.05, 0.1) is 0 Å². The second kappa shape index (κ2) is 6.60. The summed E-state index contributed by atoms with van der Waals surface area (Å²) in [5, 5.41) is 0. The second-order valence-electron chi connectivity index (χ2n) is 5.28. The summed E-state index contributed by atoms with van der Waals surface area (Å²) in [5.41, 5.74) is -1.83. The summed E-state index contributed by atoms with van der Waals surface area (Å²) in [5.74, 6) is -6.10. The quantitative estimate of drug-likeness (QED) is 0.580. The first-order valence-electron chi connectivity index (χ1n) is 7.19. The third-order valence-corrected chi connectivity index (χ3v) is 6.99. The van der Waals surface area contributed by atoms with Gasteiger partial charge in [0, 0.05) is 12.4 Å². The van der Waals surface area contributed by atoms with Crippen LogP contribution in [-0.2, 0) is 20.0 Å². The predicted molar refractivity (Wildman–Crippen MR) is 86.6 cm³/mol. The van der Waals surface area contributed by atoms with Crippen molar-refractivity contribution in [3.63, 3.8) is 0 Å². The Morgan fingerprint density at radius 3 is 1.18 bits per heavy atom. The molecule has 1 aromatic heterocycles. The summed E-state index contributed by atoms with van der Waals surface area (Å²) in [6.07, 6.45) is 0.777. The fraction of sp³-hybridized carbons (Fsp3) is 0. The van der Waals surface area contributed by atoms with Crippen molar-refractivity contribution in [1.82, 2.24) is 7.94 Å². The molecule has 0 N–H and O–H groups in total. The summed E-state index contributed by atoms with van der Waals surface area (Å²) in [7, 11) is -10.4. The summed E-state index contributed by atoms with van der Waals surface area (Å²) < 4.78 is 104. The molecule has 28 heavy (non-hydrogen) atoms. The Bertz CT molecular complexity index is 1220. The van der Waals surface area contributed by atoms with Crippen LogP contribution in [0.4, 0.5) is 17.6 Å². The lowest BCUT2D eigenvalue weighted by Crippen LogP contribution is -2.33. The Morgan fingerprint density at radius 2 is 0.893 bits per heavy atom. The van der Waals surface area contributed by atoms with Gasteiger partial charge in [-0.15, -0.1) is 0 Å². The maximum atomic E-state index is 13.8. The SMILES string of the molecule is O=c1n(S(=O)(=O)c2c(F)cccc2F)ccn1S(=O)(=O)c1c(F)cccc1F. The van der Waals surface area contributed by atoms with E-state index in [1.54, 1.807) is 0 Å². The van der Waals surface area contributed by atoms with Crippen LogP contribution in [0.25, 0.3) is 0 Å². The van der Waals surface area contributed by atoms with Crippen molar-refractivity contribution in [3.8, 4) is 0 Å². The first-order chi connectivity index (χ1) is 13.0. The van der Waals surface area contributed by atoms with Gasteiger partial charge in [0.1, 0.15) is 23.3 Å². The van der Waals surface area contributed by atoms with E-state index in [4.69, 9.17) is 0 Å². The van der Waals surface area contributed by atoms with Gasteiger partial charge in [-0.1, -0.05) is 12.1 Å². The molecule has 3 aromatic rings. The normalized spacial score (nSPS) is 12.3. The van der Waals surface area contributed by atoms with Crippen LogP contribution in [0.3, 0.4) is 0 Å². The van der Waals surface area contributed by atoms with E-state index in [9.17, 15) is 39.2 Å². The molecule has 2 aromatic carbocycles. The van der Waals surface area contributed by atoms with Gasteiger partial charge in [0.2, 0.25) is 0 Å². The molecule has 0 aliphatic heterocycles. The number of rotatable bonds is 4. The number of nitrogens with zero attached hydrogens (tertiary/aromatic N) is 2. The molecule has 0 aliphatic rings. The molecule has 148 valence electrons. The Hall–Kier alpha value is -2.93. The van der Waals surface area contributed by atoms with Crippen LogP contribution in [0.15, 0.2) is 63.4 Å². The molecule has 0 saturated heterocycles. The summed E-state index contributed by atoms with van der Waals surface area (Å²) in [6, 6.07) is 4.21. The second-order valence-corrected chi connectivity index (χ2v) is 8.79. The van der Waals surface area contributed by atoms with Gasteiger partial charge in [-0.05, 0) is 24.3 Å². The molecular weight excluding hydrogens is 428 g/mol. The van der Waals surface area contributed by atoms with Gasteiger partial charge in [0.25, 0.3) is 20.0 Å². The average molecular weight is 436 g/mol. The van der Waals surface area contributed by atoms with Gasteiger partial charge >= 0.3 is 5.69 Å². The molecule has 1 heterocycles. The molecule has 13 heteroatoms. The molecule has 0 radical (unpaired) electrons. The van der Waals surface area contributed by atoms with Crippen molar-refractivity contribution in [3.05, 3.63) is 82.5 Å². The fourth-order valence-corrected chi connectivity index (χ4v) is 5.09. The number of hydrogen-bond donors (Lipinski definition) is 0. The summed E-state index contributed by atoms with van der Waals surface area (Å²) in [6.45, 7) is 0. The smallest absolute Gasteiger partial charge is 0.245 e. The lowest BCUT2D eigenvalue weighted by Gasteiger charge is -2.08. The van der Waals surface area contributed by atoms with Gasteiger partial charge in [-0.25, -0.2) is 39.2 Å². The van der Waals surface area contributed by atoms with Crippen LogP contribution in [0.5, 0.6) is 0 Å². The van der Waals surface area contributed by atoms with Gasteiger partial charge < -0.3 is 0 Å². The van der Waals surface area contributed by atoms with Crippen LogP contribution in [0.2, 0.25) is 0 Å². The Morgan fingerprint density at radius 1 is 0.607 bits per heavy atom. The van der Waals surface area contributed by atoms with Gasteiger partial charge in [-0.3, -0.25) is 0 Å². The minimum absolute atomic E-state index is 0.259. The van der Waals surface area contributed by atoms with E-state index in [0.717, 1.165) is 12.1 Å². The molecule has 0 saturated carbocycles. The van der Waals surface area contributed by atoms with Crippen molar-refractivity contribution in [2.75, 3.05) is 0 Å². The van der Waals surface area contributed by atoms with Crippen LogP contribution < -0.4 is 5.69 Å². The molecule has 0 spiro atoms. The molecule has 0 fully saturated rings. The zero-order valence-electron chi connectivity index (χ0n) is 13.4. The first kappa shape index (κ1) is 19.8. The molecular formula is C15H8F4N2O5S2. The van der Waals surface area contributed by atoms with E-state index in [1.807, 2.05) is 0 Å². The van der Waals surface area contributed by atoms with E-state index in [1.165, 1.54) is 0 Å². The van der Waals surface area contributed by atoms with E-state index >= 15 is 0 Å². The van der Waals surface area contributed by atoms with Crippen molar-refractivity contribution in [1.29, 1.82) is 0 Å². The maximum absolute atomic E-state index is 13.8. The third kappa shape index (κ3) is 2.92. The molecule has 0 bridgehead atoms. The van der Waals surface area contributed by atoms with Crippen molar-refractivity contribution in [2.24, 2.45) is 0 Å².